The van der Waals surface area contributed by atoms with E-state index in [9.17, 15) is 19.2 Å². The van der Waals surface area contributed by atoms with Crippen molar-refractivity contribution in [2.75, 3.05) is 79.3 Å². The van der Waals surface area contributed by atoms with Crippen LogP contribution in [0.15, 0.2) is 71.6 Å². The third kappa shape index (κ3) is 10.6. The number of thiophene rings is 3. The van der Waals surface area contributed by atoms with Crippen LogP contribution in [-0.4, -0.2) is 115 Å². The second-order valence-electron chi connectivity index (χ2n) is 17.8. The van der Waals surface area contributed by atoms with Gasteiger partial charge in [0, 0.05) is 35.1 Å². The minimum absolute atomic E-state index is 0.150. The van der Waals surface area contributed by atoms with Crippen LogP contribution in [0.1, 0.15) is 57.7 Å². The van der Waals surface area contributed by atoms with E-state index in [2.05, 4.69) is 26.3 Å². The molecule has 0 saturated heterocycles. The Balaban J connectivity index is 1.03. The molecule has 0 amide bonds. The van der Waals surface area contributed by atoms with Crippen LogP contribution in [0.2, 0.25) is 0 Å². The van der Waals surface area contributed by atoms with Gasteiger partial charge in [-0.2, -0.15) is 0 Å². The molecule has 4 unspecified atom stereocenters. The van der Waals surface area contributed by atoms with Crippen molar-refractivity contribution in [2.24, 2.45) is 0 Å². The molecule has 0 spiro atoms. The Bertz CT molecular complexity index is 2910. The highest BCUT2D eigenvalue weighted by molar-refractivity contribution is 8.09. The molecular weight excluding hydrogens is 1070 g/mol. The molecule has 0 N–H and O–H groups in total. The maximum Gasteiger partial charge on any atom is 0.333 e. The molecule has 75 heavy (non-hydrogen) atoms. The molecule has 0 bridgehead atoms. The van der Waals surface area contributed by atoms with E-state index < -0.39 is 46.6 Å². The second kappa shape index (κ2) is 22.2. The minimum Gasteiger partial charge on any atom is -0.489 e. The van der Waals surface area contributed by atoms with Gasteiger partial charge in [0.15, 0.2) is 57.5 Å². The fraction of sp³-hybridized carbons (Fsp3) is 0.423. The molecule has 18 nitrogen and oxygen atoms in total. The van der Waals surface area contributed by atoms with Crippen molar-refractivity contribution >= 4 is 91.2 Å². The van der Waals surface area contributed by atoms with Crippen LogP contribution in [0.4, 0.5) is 0 Å². The summed E-state index contributed by atoms with van der Waals surface area (Å²) in [5, 5.41) is -0.891. The first-order valence-electron chi connectivity index (χ1n) is 23.9. The summed E-state index contributed by atoms with van der Waals surface area (Å²) < 4.78 is 88.2. The summed E-state index contributed by atoms with van der Waals surface area (Å²) in [6, 6.07) is 0. The van der Waals surface area contributed by atoms with E-state index in [1.54, 1.807) is 27.7 Å². The molecule has 398 valence electrons. The van der Waals surface area contributed by atoms with Crippen LogP contribution in [0, 0.1) is 0 Å². The molecule has 23 heteroatoms. The predicted octanol–water partition coefficient (Wildman–Crippen LogP) is 7.19. The fourth-order valence-corrected chi connectivity index (χ4v) is 15.5. The molecule has 0 radical (unpaired) electrons. The lowest BCUT2D eigenvalue weighted by atomic mass is 10.1. The Hall–Kier alpha value is -6.14. The maximum absolute atomic E-state index is 12.8. The lowest BCUT2D eigenvalue weighted by Crippen LogP contribution is -2.28. The summed E-state index contributed by atoms with van der Waals surface area (Å²) in [6.07, 6.45) is -1.45. The van der Waals surface area contributed by atoms with Gasteiger partial charge in [-0.3, -0.25) is 0 Å². The second-order valence-corrected chi connectivity index (χ2v) is 23.3. The van der Waals surface area contributed by atoms with Gasteiger partial charge in [0.2, 0.25) is 0 Å². The Kier molecular flexibility index (Phi) is 15.5. The van der Waals surface area contributed by atoms with Gasteiger partial charge in [0.25, 0.3) is 0 Å². The Morgan fingerprint density at radius 1 is 0.453 bits per heavy atom. The summed E-state index contributed by atoms with van der Waals surface area (Å²) in [6.45, 7) is 23.6. The maximum atomic E-state index is 12.8. The van der Waals surface area contributed by atoms with Crippen molar-refractivity contribution in [3.8, 4) is 34.5 Å². The standard InChI is InChI=1S/C52H52O18S5/c1-23(2)49(53)67-21-27(69-51(55)25(5)6)19-29-31-33(59-11-9-57-31)41(71-29)43-35-37(63-15-13-61-35)45(73-43)47-39-40(66-18-17-65-39)48(75-47)46-38-36(62-14-16-64-38)44(74-46)42-34-32(58-10-12-60-34)30(72-42)20-28(70-52(56)26(7)8)22-68-50(54)24(3)4/h27-28,43-44H,1,3,5,7,9-22H2,2,4,6,8H3/b47-45+,48-46+. The zero-order chi connectivity index (χ0) is 52.7. The zero-order valence-electron chi connectivity index (χ0n) is 41.4. The number of carbonyl (C=O) groups excluding carboxylic acids is 4. The van der Waals surface area contributed by atoms with Gasteiger partial charge < -0.3 is 66.3 Å². The third-order valence-electron chi connectivity index (χ3n) is 11.8. The molecule has 4 atom stereocenters. The molecule has 10 rings (SSSR count). The number of esters is 4. The topological polar surface area (TPSA) is 197 Å². The van der Waals surface area contributed by atoms with Crippen molar-refractivity contribution in [3.05, 3.63) is 100 Å². The largest absolute Gasteiger partial charge is 0.489 e. The summed E-state index contributed by atoms with van der Waals surface area (Å²) >= 11 is 7.39. The van der Waals surface area contributed by atoms with Crippen LogP contribution in [0.3, 0.4) is 0 Å². The van der Waals surface area contributed by atoms with Crippen molar-refractivity contribution in [1.82, 2.24) is 0 Å². The first-order valence-corrected chi connectivity index (χ1v) is 28.1. The molecular formula is C52H52O18S5. The van der Waals surface area contributed by atoms with Gasteiger partial charge in [-0.25, -0.2) is 19.2 Å². The van der Waals surface area contributed by atoms with E-state index in [-0.39, 0.29) is 48.3 Å². The molecule has 0 aromatic carbocycles. The summed E-state index contributed by atoms with van der Waals surface area (Å²) in [5.74, 6) is 3.09. The summed E-state index contributed by atoms with van der Waals surface area (Å²) in [4.78, 5) is 55.1. The fourth-order valence-electron chi connectivity index (χ4n) is 8.42. The van der Waals surface area contributed by atoms with E-state index in [1.165, 1.54) is 57.5 Å². The quantitative estimate of drug-likeness (QED) is 0.0793. The van der Waals surface area contributed by atoms with Crippen LogP contribution >= 0.6 is 57.5 Å². The highest BCUT2D eigenvalue weighted by Crippen LogP contribution is 2.62. The van der Waals surface area contributed by atoms with E-state index in [0.29, 0.717) is 124 Å². The molecule has 0 aliphatic carbocycles. The molecule has 7 aliphatic rings. The van der Waals surface area contributed by atoms with E-state index in [4.69, 9.17) is 66.3 Å². The van der Waals surface area contributed by atoms with Crippen LogP contribution in [0.5, 0.6) is 34.5 Å². The third-order valence-corrected chi connectivity index (χ3v) is 18.7. The lowest BCUT2D eigenvalue weighted by molar-refractivity contribution is -0.153. The van der Waals surface area contributed by atoms with Gasteiger partial charge >= 0.3 is 23.9 Å². The number of hydrogen-bond acceptors (Lipinski definition) is 23. The predicted molar refractivity (Wildman–Crippen MR) is 279 cm³/mol. The lowest BCUT2D eigenvalue weighted by Gasteiger charge is -2.22. The molecule has 7 aliphatic heterocycles. The zero-order valence-corrected chi connectivity index (χ0v) is 45.5. The number of hydrogen-bond donors (Lipinski definition) is 0. The number of fused-ring (bicyclic) bond motifs is 3. The van der Waals surface area contributed by atoms with Crippen molar-refractivity contribution in [3.63, 3.8) is 0 Å². The van der Waals surface area contributed by atoms with Gasteiger partial charge in [-0.1, -0.05) is 26.3 Å². The van der Waals surface area contributed by atoms with Gasteiger partial charge in [0.05, 0.1) is 38.4 Å². The molecule has 0 saturated carbocycles. The van der Waals surface area contributed by atoms with Crippen molar-refractivity contribution in [2.45, 2.75) is 63.2 Å². The number of rotatable bonds is 16. The molecule has 3 aromatic heterocycles. The number of ether oxygens (including phenoxy) is 14. The average molecular weight is 1130 g/mol. The summed E-state index contributed by atoms with van der Waals surface area (Å²) in [5.41, 5.74) is 0.813. The van der Waals surface area contributed by atoms with Crippen LogP contribution in [-0.2, 0) is 69.9 Å². The smallest absolute Gasteiger partial charge is 0.333 e. The normalized spacial score (nSPS) is 21.2. The monoisotopic (exact) mass is 1120 g/mol. The molecule has 3 aromatic rings. The van der Waals surface area contributed by atoms with E-state index >= 15 is 0 Å². The first-order chi connectivity index (χ1) is 36.2. The average Bonchev–Trinajstić information content (AvgIpc) is 4.26. The van der Waals surface area contributed by atoms with E-state index in [0.717, 1.165) is 38.4 Å². The highest BCUT2D eigenvalue weighted by atomic mass is 32.2. The van der Waals surface area contributed by atoms with Crippen molar-refractivity contribution < 1.29 is 85.5 Å². The van der Waals surface area contributed by atoms with Gasteiger partial charge in [0.1, 0.15) is 102 Å². The Morgan fingerprint density at radius 2 is 0.787 bits per heavy atom. The van der Waals surface area contributed by atoms with Gasteiger partial charge in [-0.05, 0) is 27.7 Å². The minimum atomic E-state index is -0.877. The number of thioether (sulfide) groups is 2. The van der Waals surface area contributed by atoms with Crippen LogP contribution in [0.25, 0.3) is 9.81 Å². The number of carbonyl (C=O) groups is 4. The van der Waals surface area contributed by atoms with Crippen molar-refractivity contribution in [1.29, 1.82) is 0 Å². The highest BCUT2D eigenvalue weighted by Gasteiger charge is 2.46. The first kappa shape index (κ1) is 52.3. The van der Waals surface area contributed by atoms with E-state index in [1.807, 2.05) is 0 Å². The Morgan fingerprint density at radius 3 is 1.16 bits per heavy atom. The molecule has 10 heterocycles. The molecule has 0 fully saturated rings. The Labute approximate surface area is 451 Å². The summed E-state index contributed by atoms with van der Waals surface area (Å²) in [7, 11) is 0. The SMILES string of the molecule is C=C(C)C(=O)OCC(Cc1sc(C2S/C(=c3/s/c(=C4/SC(c5sc(CC(COC(=O)C(=C)C)OC(=O)C(=C)C)c6c5OCCO6)C5=C4OCCO5)c4c3OCCO4)C3=C2OCCO3)c2c1OCCO2)OC(=O)C(=C)C. The van der Waals surface area contributed by atoms with Gasteiger partial charge in [-0.15, -0.1) is 57.5 Å². The van der Waals surface area contributed by atoms with Crippen LogP contribution < -0.4 is 37.5 Å².